The van der Waals surface area contributed by atoms with Gasteiger partial charge in [0.1, 0.15) is 5.82 Å². The molecule has 1 saturated heterocycles. The van der Waals surface area contributed by atoms with E-state index in [1.54, 1.807) is 12.1 Å². The van der Waals surface area contributed by atoms with Gasteiger partial charge in [-0.25, -0.2) is 4.39 Å². The van der Waals surface area contributed by atoms with E-state index in [2.05, 4.69) is 48.4 Å². The smallest absolute Gasteiger partial charge is 0.246 e. The van der Waals surface area contributed by atoms with Crippen molar-refractivity contribution < 1.29 is 9.18 Å². The number of amides is 1. The van der Waals surface area contributed by atoms with Gasteiger partial charge in [-0.1, -0.05) is 35.9 Å². The molecule has 34 heavy (non-hydrogen) atoms. The number of benzene rings is 2. The molecule has 1 aliphatic carbocycles. The number of nitrogens with zero attached hydrogens (tertiary/aromatic N) is 2. The fourth-order valence-electron chi connectivity index (χ4n) is 5.80. The molecule has 6 heteroatoms. The van der Waals surface area contributed by atoms with Crippen molar-refractivity contribution in [3.05, 3.63) is 83.3 Å². The summed E-state index contributed by atoms with van der Waals surface area (Å²) in [7, 11) is 4.19. The fourth-order valence-corrected chi connectivity index (χ4v) is 5.80. The van der Waals surface area contributed by atoms with Crippen molar-refractivity contribution in [2.45, 2.75) is 43.6 Å². The Morgan fingerprint density at radius 3 is 2.53 bits per heavy atom. The Hall–Kier alpha value is -2.63. The maximum absolute atomic E-state index is 13.5. The topological polar surface area (TPSA) is 39.3 Å². The lowest BCUT2D eigenvalue weighted by molar-refractivity contribution is -0.125. The number of carbonyl (C=O) groups excluding carboxylic acids is 1. The number of nitrogens with one attached hydrogen (secondary N) is 1. The van der Waals surface area contributed by atoms with Crippen LogP contribution in [0.15, 0.2) is 66.4 Å². The van der Waals surface area contributed by atoms with Crippen LogP contribution in [0.25, 0.3) is 10.9 Å². The SMILES string of the molecule is CN(C)C1(c2ccc(F)cc2)CCC(=CC(=O)N2CCC(c3c[nH]c4ccccc34)C2)CC1.Cl. The molecule has 3 aromatic rings. The van der Waals surface area contributed by atoms with Crippen LogP contribution in [0.2, 0.25) is 0 Å². The minimum atomic E-state index is -0.203. The van der Waals surface area contributed by atoms with Crippen LogP contribution in [0.5, 0.6) is 0 Å². The van der Waals surface area contributed by atoms with Crippen LogP contribution in [0.1, 0.15) is 49.1 Å². The van der Waals surface area contributed by atoms with Gasteiger partial charge in [-0.3, -0.25) is 9.69 Å². The van der Waals surface area contributed by atoms with Gasteiger partial charge in [0.05, 0.1) is 0 Å². The van der Waals surface area contributed by atoms with Crippen LogP contribution in [-0.2, 0) is 10.3 Å². The van der Waals surface area contributed by atoms with Crippen molar-refractivity contribution in [3.8, 4) is 0 Å². The molecule has 0 radical (unpaired) electrons. The molecule has 2 aromatic carbocycles. The number of hydrogen-bond acceptors (Lipinski definition) is 2. The summed E-state index contributed by atoms with van der Waals surface area (Å²) in [5, 5.41) is 1.27. The number of para-hydroxylation sites is 1. The maximum atomic E-state index is 13.5. The van der Waals surface area contributed by atoms with Crippen LogP contribution in [-0.4, -0.2) is 47.9 Å². The molecule has 4 nitrogen and oxygen atoms in total. The number of allylic oxidation sites excluding steroid dienone is 1. The van der Waals surface area contributed by atoms with Crippen molar-refractivity contribution in [3.63, 3.8) is 0 Å². The van der Waals surface area contributed by atoms with Crippen molar-refractivity contribution in [1.29, 1.82) is 0 Å². The normalized spacial score (nSPS) is 22.8. The Balaban J connectivity index is 0.00000274. The average Bonchev–Trinajstić information content (AvgIpc) is 3.47. The number of aromatic amines is 1. The van der Waals surface area contributed by atoms with E-state index in [1.165, 1.54) is 16.5 Å². The van der Waals surface area contributed by atoms with E-state index < -0.39 is 0 Å². The molecule has 1 atom stereocenters. The number of aromatic nitrogens is 1. The Morgan fingerprint density at radius 1 is 1.12 bits per heavy atom. The molecule has 2 fully saturated rings. The monoisotopic (exact) mass is 481 g/mol. The molecule has 1 aromatic heterocycles. The van der Waals surface area contributed by atoms with Crippen LogP contribution in [0, 0.1) is 5.82 Å². The van der Waals surface area contributed by atoms with Crippen molar-refractivity contribution in [2.75, 3.05) is 27.2 Å². The van der Waals surface area contributed by atoms with E-state index in [-0.39, 0.29) is 29.7 Å². The lowest BCUT2D eigenvalue weighted by Gasteiger charge is -2.44. The zero-order valence-corrected chi connectivity index (χ0v) is 20.7. The third-order valence-electron chi connectivity index (χ3n) is 7.85. The van der Waals surface area contributed by atoms with E-state index in [4.69, 9.17) is 0 Å². The summed E-state index contributed by atoms with van der Waals surface area (Å²) < 4.78 is 13.5. The first-order valence-corrected chi connectivity index (χ1v) is 11.9. The summed E-state index contributed by atoms with van der Waals surface area (Å²) in [4.78, 5) is 20.7. The standard InChI is InChI=1S/C28H32FN3O.ClH/c1-31(2)28(22-7-9-23(29)10-8-22)14-11-20(12-15-28)17-27(33)32-16-13-21(19-32)25-18-30-26-6-4-3-5-24(25)26;/h3-10,17-18,21,30H,11-16,19H2,1-2H3;1H. The molecule has 1 N–H and O–H groups in total. The third kappa shape index (κ3) is 4.51. The predicted octanol–water partition coefficient (Wildman–Crippen LogP) is 6.00. The van der Waals surface area contributed by atoms with Crippen LogP contribution in [0.4, 0.5) is 4.39 Å². The number of H-pyrrole nitrogens is 1. The minimum Gasteiger partial charge on any atom is -0.361 e. The average molecular weight is 482 g/mol. The molecule has 0 bridgehead atoms. The highest BCUT2D eigenvalue weighted by Crippen LogP contribution is 2.43. The van der Waals surface area contributed by atoms with E-state index >= 15 is 0 Å². The van der Waals surface area contributed by atoms with Crippen molar-refractivity contribution in [2.24, 2.45) is 0 Å². The van der Waals surface area contributed by atoms with Gasteiger partial charge < -0.3 is 9.88 Å². The quantitative estimate of drug-likeness (QED) is 0.464. The first-order chi connectivity index (χ1) is 16.0. The zero-order valence-electron chi connectivity index (χ0n) is 19.9. The highest BCUT2D eigenvalue weighted by molar-refractivity contribution is 5.89. The predicted molar refractivity (Wildman–Crippen MR) is 138 cm³/mol. The zero-order chi connectivity index (χ0) is 23.0. The number of rotatable bonds is 4. The largest absolute Gasteiger partial charge is 0.361 e. The van der Waals surface area contributed by atoms with E-state index in [1.807, 2.05) is 29.2 Å². The van der Waals surface area contributed by atoms with Crippen molar-refractivity contribution >= 4 is 29.2 Å². The Kier molecular flexibility index (Phi) is 7.15. The first kappa shape index (κ1) is 24.5. The minimum absolute atomic E-state index is 0. The van der Waals surface area contributed by atoms with Gasteiger partial charge in [-0.05, 0) is 75.5 Å². The van der Waals surface area contributed by atoms with E-state index in [0.29, 0.717) is 5.92 Å². The molecule has 1 amide bonds. The van der Waals surface area contributed by atoms with E-state index in [9.17, 15) is 9.18 Å². The lowest BCUT2D eigenvalue weighted by Crippen LogP contribution is -2.43. The summed E-state index contributed by atoms with van der Waals surface area (Å²) >= 11 is 0. The summed E-state index contributed by atoms with van der Waals surface area (Å²) in [5.74, 6) is 0.326. The second kappa shape index (κ2) is 9.93. The number of halogens is 2. The molecule has 2 heterocycles. The summed E-state index contributed by atoms with van der Waals surface area (Å²) in [5.41, 5.74) is 4.76. The van der Waals surface area contributed by atoms with Crippen molar-refractivity contribution in [1.82, 2.24) is 14.8 Å². The second-order valence-electron chi connectivity index (χ2n) is 9.79. The summed E-state index contributed by atoms with van der Waals surface area (Å²) in [6.45, 7) is 1.59. The van der Waals surface area contributed by atoms with Crippen LogP contribution >= 0.6 is 12.4 Å². The Labute approximate surface area is 207 Å². The number of fused-ring (bicyclic) bond motifs is 1. The number of hydrogen-bond donors (Lipinski definition) is 1. The number of likely N-dealkylation sites (tertiary alicyclic amines) is 1. The fraction of sp³-hybridized carbons (Fsp3) is 0.393. The summed E-state index contributed by atoms with van der Waals surface area (Å²) in [6, 6.07) is 15.3. The lowest BCUT2D eigenvalue weighted by atomic mass is 9.74. The number of carbonyl (C=O) groups is 1. The Bertz CT molecular complexity index is 1170. The van der Waals surface area contributed by atoms with Gasteiger partial charge >= 0.3 is 0 Å². The molecular weight excluding hydrogens is 449 g/mol. The Morgan fingerprint density at radius 2 is 1.82 bits per heavy atom. The van der Waals surface area contributed by atoms with Gasteiger partial charge in [0, 0.05) is 47.7 Å². The maximum Gasteiger partial charge on any atom is 0.246 e. The third-order valence-corrected chi connectivity index (χ3v) is 7.85. The molecule has 5 rings (SSSR count). The van der Waals surface area contributed by atoms with Gasteiger partial charge in [0.15, 0.2) is 0 Å². The highest BCUT2D eigenvalue weighted by Gasteiger charge is 2.37. The van der Waals surface area contributed by atoms with Gasteiger partial charge in [-0.2, -0.15) is 0 Å². The highest BCUT2D eigenvalue weighted by atomic mass is 35.5. The molecule has 2 aliphatic rings. The molecule has 1 aliphatic heterocycles. The molecule has 0 spiro atoms. The summed E-state index contributed by atoms with van der Waals surface area (Å²) in [6.07, 6.45) is 8.65. The van der Waals surface area contributed by atoms with Gasteiger partial charge in [0.25, 0.3) is 0 Å². The molecule has 1 saturated carbocycles. The first-order valence-electron chi connectivity index (χ1n) is 11.9. The molecule has 180 valence electrons. The van der Waals surface area contributed by atoms with E-state index in [0.717, 1.165) is 56.3 Å². The second-order valence-corrected chi connectivity index (χ2v) is 9.79. The van der Waals surface area contributed by atoms with Gasteiger partial charge in [-0.15, -0.1) is 12.4 Å². The van der Waals surface area contributed by atoms with Gasteiger partial charge in [0.2, 0.25) is 5.91 Å². The molecule has 1 unspecified atom stereocenters. The van der Waals surface area contributed by atoms with Crippen LogP contribution < -0.4 is 0 Å². The van der Waals surface area contributed by atoms with Crippen LogP contribution in [0.3, 0.4) is 0 Å². The molecular formula is C28H33ClFN3O.